The van der Waals surface area contributed by atoms with E-state index in [2.05, 4.69) is 0 Å². The van der Waals surface area contributed by atoms with Gasteiger partial charge in [-0.05, 0) is 53.4 Å². The lowest BCUT2D eigenvalue weighted by molar-refractivity contribution is -0.214. The van der Waals surface area contributed by atoms with E-state index >= 15 is 0 Å². The quantitative estimate of drug-likeness (QED) is 0.556. The van der Waals surface area contributed by atoms with Gasteiger partial charge in [0.25, 0.3) is 0 Å². The summed E-state index contributed by atoms with van der Waals surface area (Å²) >= 11 is 1.62. The standard InChI is InChI=1S/C24H24F2O4S/c1-13-2-3-15(24-23(29)22(28)21(26)19(12-27)30-24)10-16(13)11-18-8-9-20(31-18)14-4-6-17(25)7-5-14/h2-10,19,21-24,27-29H,11-12H2,1H3/t19-,21-,22+,23-,24+/m1/s1/i26-1. The number of aryl methyl sites for hydroxylation is 1. The van der Waals surface area contributed by atoms with Crippen molar-refractivity contribution in [3.05, 3.63) is 82.0 Å². The summed E-state index contributed by atoms with van der Waals surface area (Å²) in [6.45, 7) is 1.40. The number of rotatable bonds is 5. The minimum atomic E-state index is -1.85. The molecule has 1 fully saturated rings. The van der Waals surface area contributed by atoms with E-state index < -0.39 is 37.2 Å². The Balaban J connectivity index is 1.57. The van der Waals surface area contributed by atoms with Crippen molar-refractivity contribution in [1.82, 2.24) is 0 Å². The molecule has 0 aliphatic carbocycles. The number of aliphatic hydroxyl groups excluding tert-OH is 3. The van der Waals surface area contributed by atoms with Crippen LogP contribution in [0, 0.1) is 12.7 Å². The first-order valence-electron chi connectivity index (χ1n) is 10.1. The highest BCUT2D eigenvalue weighted by molar-refractivity contribution is 7.15. The zero-order valence-corrected chi connectivity index (χ0v) is 17.7. The van der Waals surface area contributed by atoms with Crippen LogP contribution in [0.3, 0.4) is 0 Å². The highest BCUT2D eigenvalue weighted by Gasteiger charge is 2.45. The summed E-state index contributed by atoms with van der Waals surface area (Å²) < 4.78 is 32.8. The summed E-state index contributed by atoms with van der Waals surface area (Å²) in [4.78, 5) is 2.15. The molecule has 1 aliphatic rings. The fourth-order valence-corrected chi connectivity index (χ4v) is 4.88. The minimum Gasteiger partial charge on any atom is -0.394 e. The third-order valence-electron chi connectivity index (χ3n) is 5.70. The summed E-state index contributed by atoms with van der Waals surface area (Å²) in [5, 5.41) is 29.7. The smallest absolute Gasteiger partial charge is 0.157 e. The first-order valence-corrected chi connectivity index (χ1v) is 10.9. The third-order valence-corrected chi connectivity index (χ3v) is 6.83. The normalized spacial score (nSPS) is 26.2. The van der Waals surface area contributed by atoms with Crippen LogP contribution < -0.4 is 0 Å². The number of aliphatic hydroxyl groups is 3. The Morgan fingerprint density at radius 1 is 1.00 bits per heavy atom. The molecule has 3 N–H and O–H groups in total. The predicted molar refractivity (Wildman–Crippen MR) is 115 cm³/mol. The van der Waals surface area contributed by atoms with Gasteiger partial charge < -0.3 is 20.1 Å². The van der Waals surface area contributed by atoms with Gasteiger partial charge in [0.1, 0.15) is 30.2 Å². The lowest BCUT2D eigenvalue weighted by atomic mass is 9.90. The first-order chi connectivity index (χ1) is 14.9. The van der Waals surface area contributed by atoms with Crippen molar-refractivity contribution in [2.75, 3.05) is 6.61 Å². The fourth-order valence-electron chi connectivity index (χ4n) is 3.84. The number of benzene rings is 2. The number of halogens is 2. The predicted octanol–water partition coefficient (Wildman–Crippen LogP) is 3.95. The van der Waals surface area contributed by atoms with Gasteiger partial charge in [0.05, 0.1) is 6.61 Å². The van der Waals surface area contributed by atoms with Crippen LogP contribution in [0.4, 0.5) is 8.78 Å². The van der Waals surface area contributed by atoms with Crippen LogP contribution in [0.5, 0.6) is 0 Å². The van der Waals surface area contributed by atoms with Crippen molar-refractivity contribution < 1.29 is 28.8 Å². The summed E-state index contributed by atoms with van der Waals surface area (Å²) in [6.07, 6.45) is -6.39. The van der Waals surface area contributed by atoms with Crippen LogP contribution in [0.2, 0.25) is 0 Å². The summed E-state index contributed by atoms with van der Waals surface area (Å²) in [6, 6.07) is 16.0. The number of thiophene rings is 1. The Hall–Kier alpha value is -2.16. The molecule has 7 heteroatoms. The summed E-state index contributed by atoms with van der Waals surface area (Å²) in [5.41, 5.74) is 3.63. The van der Waals surface area contributed by atoms with Crippen LogP contribution in [0.15, 0.2) is 54.6 Å². The van der Waals surface area contributed by atoms with Crippen molar-refractivity contribution in [1.29, 1.82) is 0 Å². The number of hydrogen-bond donors (Lipinski definition) is 3. The van der Waals surface area contributed by atoms with Gasteiger partial charge in [-0.1, -0.05) is 30.3 Å². The van der Waals surface area contributed by atoms with E-state index in [1.165, 1.54) is 12.1 Å². The van der Waals surface area contributed by atoms with Crippen molar-refractivity contribution >= 4 is 11.3 Å². The van der Waals surface area contributed by atoms with Crippen LogP contribution >= 0.6 is 11.3 Å². The molecule has 0 saturated carbocycles. The molecule has 0 spiro atoms. The molecule has 2 heterocycles. The van der Waals surface area contributed by atoms with Gasteiger partial charge in [0, 0.05) is 16.2 Å². The molecular weight excluding hydrogens is 421 g/mol. The van der Waals surface area contributed by atoms with Crippen molar-refractivity contribution in [3.8, 4) is 10.4 Å². The number of ether oxygens (including phenoxy) is 1. The molecule has 0 unspecified atom stereocenters. The summed E-state index contributed by atoms with van der Waals surface area (Å²) in [5.74, 6) is -0.271. The van der Waals surface area contributed by atoms with E-state index in [9.17, 15) is 24.1 Å². The van der Waals surface area contributed by atoms with Gasteiger partial charge in [-0.3, -0.25) is 0 Å². The molecular formula is C24H24F2O4S. The zero-order chi connectivity index (χ0) is 22.1. The number of hydrogen-bond acceptors (Lipinski definition) is 5. The summed E-state index contributed by atoms with van der Waals surface area (Å²) in [7, 11) is 0. The third kappa shape index (κ3) is 4.56. The van der Waals surface area contributed by atoms with Gasteiger partial charge >= 0.3 is 0 Å². The Morgan fingerprint density at radius 2 is 1.74 bits per heavy atom. The molecule has 1 saturated heterocycles. The van der Waals surface area contributed by atoms with Gasteiger partial charge in [0.2, 0.25) is 0 Å². The molecule has 0 amide bonds. The molecule has 5 atom stereocenters. The van der Waals surface area contributed by atoms with Crippen LogP contribution in [-0.4, -0.2) is 46.4 Å². The second kappa shape index (κ2) is 9.14. The molecule has 0 radical (unpaired) electrons. The lowest BCUT2D eigenvalue weighted by Crippen LogP contribution is -2.53. The van der Waals surface area contributed by atoms with Crippen LogP contribution in [0.1, 0.15) is 27.7 Å². The molecule has 1 aliphatic heterocycles. The van der Waals surface area contributed by atoms with Gasteiger partial charge in [-0.15, -0.1) is 11.3 Å². The van der Waals surface area contributed by atoms with Crippen LogP contribution in [0.25, 0.3) is 10.4 Å². The lowest BCUT2D eigenvalue weighted by Gasteiger charge is -2.39. The molecule has 4 rings (SSSR count). The molecule has 31 heavy (non-hydrogen) atoms. The molecule has 3 aromatic rings. The van der Waals surface area contributed by atoms with E-state index in [1.807, 2.05) is 31.2 Å². The van der Waals surface area contributed by atoms with Crippen molar-refractivity contribution in [3.63, 3.8) is 0 Å². The number of alkyl halides is 1. The molecule has 0 bridgehead atoms. The Bertz CT molecular complexity index is 1030. The topological polar surface area (TPSA) is 69.9 Å². The molecule has 2 aromatic carbocycles. The molecule has 164 valence electrons. The maximum absolute atomic E-state index is 14.1. The molecule has 1 aromatic heterocycles. The monoisotopic (exact) mass is 445 g/mol. The van der Waals surface area contributed by atoms with E-state index in [4.69, 9.17) is 4.74 Å². The SMILES string of the molecule is Cc1ccc([C@@H]2O[C@H](CO)[C@@H]([18F])[C@H](O)[C@H]2O)cc1Cc1ccc(-c2ccc(F)cc2)s1. The maximum atomic E-state index is 14.1. The Kier molecular flexibility index (Phi) is 6.50. The van der Waals surface area contributed by atoms with E-state index in [0.717, 1.165) is 26.4 Å². The van der Waals surface area contributed by atoms with E-state index in [0.29, 0.717) is 12.0 Å². The zero-order valence-electron chi connectivity index (χ0n) is 16.9. The Labute approximate surface area is 183 Å². The minimum absolute atomic E-state index is 0.271. The Morgan fingerprint density at radius 3 is 2.45 bits per heavy atom. The maximum Gasteiger partial charge on any atom is 0.157 e. The van der Waals surface area contributed by atoms with Gasteiger partial charge in [0.15, 0.2) is 6.17 Å². The average molecular weight is 446 g/mol. The average Bonchev–Trinajstić information content (AvgIpc) is 3.23. The van der Waals surface area contributed by atoms with Crippen LogP contribution in [-0.2, 0) is 11.2 Å². The van der Waals surface area contributed by atoms with Gasteiger partial charge in [-0.2, -0.15) is 0 Å². The highest BCUT2D eigenvalue weighted by atomic mass is 32.1. The van der Waals surface area contributed by atoms with Crippen molar-refractivity contribution in [2.24, 2.45) is 0 Å². The van der Waals surface area contributed by atoms with E-state index in [1.54, 1.807) is 29.5 Å². The van der Waals surface area contributed by atoms with E-state index in [-0.39, 0.29) is 5.82 Å². The van der Waals surface area contributed by atoms with Crippen molar-refractivity contribution in [2.45, 2.75) is 43.9 Å². The highest BCUT2D eigenvalue weighted by Crippen LogP contribution is 2.35. The second-order valence-electron chi connectivity index (χ2n) is 7.84. The van der Waals surface area contributed by atoms with Gasteiger partial charge in [-0.25, -0.2) is 8.78 Å². The second-order valence-corrected chi connectivity index (χ2v) is 9.01. The first kappa shape index (κ1) is 22.0. The fraction of sp³-hybridized carbons (Fsp3) is 0.333. The largest absolute Gasteiger partial charge is 0.394 e. The molecule has 4 nitrogen and oxygen atoms in total.